The number of benzene rings is 2. The van der Waals surface area contributed by atoms with Gasteiger partial charge in [-0.2, -0.15) is 0 Å². The maximum Gasteiger partial charge on any atom is 0.247 e. The van der Waals surface area contributed by atoms with Crippen molar-refractivity contribution in [3.05, 3.63) is 82.9 Å². The van der Waals surface area contributed by atoms with Crippen molar-refractivity contribution in [2.24, 2.45) is 5.92 Å². The number of amides is 2. The van der Waals surface area contributed by atoms with Crippen molar-refractivity contribution in [1.29, 1.82) is 0 Å². The molecule has 1 aliphatic carbocycles. The first kappa shape index (κ1) is 26.9. The maximum atomic E-state index is 14.0. The quantitative estimate of drug-likeness (QED) is 0.368. The van der Waals surface area contributed by atoms with Crippen LogP contribution in [0.15, 0.2) is 54.9 Å². The molecule has 3 atom stereocenters. The fourth-order valence-corrected chi connectivity index (χ4v) is 5.22. The first-order valence-electron chi connectivity index (χ1n) is 13.8. The summed E-state index contributed by atoms with van der Waals surface area (Å²) in [6.07, 6.45) is 4.82. The fourth-order valence-electron chi connectivity index (χ4n) is 5.22. The highest BCUT2D eigenvalue weighted by atomic mass is 16.5. The van der Waals surface area contributed by atoms with Gasteiger partial charge in [-0.15, -0.1) is 0 Å². The lowest BCUT2D eigenvalue weighted by Gasteiger charge is -2.49. The minimum Gasteiger partial charge on any atom is -0.497 e. The van der Waals surface area contributed by atoms with E-state index in [1.807, 2.05) is 48.2 Å². The zero-order valence-electron chi connectivity index (χ0n) is 23.0. The fraction of sp³-hybridized carbons (Fsp3) is 0.452. The molecule has 5 rings (SSSR count). The van der Waals surface area contributed by atoms with Crippen LogP contribution in [-0.4, -0.2) is 59.2 Å². The van der Waals surface area contributed by atoms with E-state index in [1.165, 1.54) is 24.0 Å². The third-order valence-corrected chi connectivity index (χ3v) is 7.87. The van der Waals surface area contributed by atoms with Crippen molar-refractivity contribution in [2.75, 3.05) is 20.3 Å². The molecule has 1 aliphatic heterocycles. The molecule has 206 valence electrons. The van der Waals surface area contributed by atoms with Crippen LogP contribution in [0.25, 0.3) is 0 Å². The van der Waals surface area contributed by atoms with Gasteiger partial charge in [-0.25, -0.2) is 4.98 Å². The Labute approximate surface area is 230 Å². The highest BCUT2D eigenvalue weighted by molar-refractivity contribution is 5.88. The summed E-state index contributed by atoms with van der Waals surface area (Å²) < 4.78 is 11.7. The van der Waals surface area contributed by atoms with Crippen LogP contribution in [0, 0.1) is 19.8 Å². The van der Waals surface area contributed by atoms with Gasteiger partial charge >= 0.3 is 0 Å². The number of hydrogen-bond acceptors (Lipinski definition) is 5. The second kappa shape index (κ2) is 12.0. The lowest BCUT2D eigenvalue weighted by molar-refractivity contribution is -0.175. The summed E-state index contributed by atoms with van der Waals surface area (Å²) >= 11 is 0. The van der Waals surface area contributed by atoms with Gasteiger partial charge in [0.15, 0.2) is 0 Å². The monoisotopic (exact) mass is 530 g/mol. The van der Waals surface area contributed by atoms with E-state index in [0.717, 1.165) is 22.7 Å². The van der Waals surface area contributed by atoms with Crippen molar-refractivity contribution >= 4 is 11.8 Å². The highest BCUT2D eigenvalue weighted by Crippen LogP contribution is 2.39. The van der Waals surface area contributed by atoms with Crippen molar-refractivity contribution in [3.8, 4) is 5.75 Å². The predicted octanol–water partition coefficient (Wildman–Crippen LogP) is 4.07. The van der Waals surface area contributed by atoms with E-state index < -0.39 is 6.04 Å². The summed E-state index contributed by atoms with van der Waals surface area (Å²) in [6, 6.07) is 15.2. The third-order valence-electron chi connectivity index (χ3n) is 7.87. The number of nitrogens with one attached hydrogen (secondary N) is 2. The molecule has 0 spiro atoms. The molecule has 1 aromatic heterocycles. The third kappa shape index (κ3) is 6.50. The largest absolute Gasteiger partial charge is 0.497 e. The number of imidazole rings is 1. The summed E-state index contributed by atoms with van der Waals surface area (Å²) in [5, 5.41) is 3.03. The van der Waals surface area contributed by atoms with Gasteiger partial charge in [-0.05, 0) is 61.4 Å². The van der Waals surface area contributed by atoms with Crippen molar-refractivity contribution in [2.45, 2.75) is 64.1 Å². The molecule has 3 aromatic rings. The number of H-pyrrole nitrogens is 1. The molecule has 2 aromatic carbocycles. The number of aromatic nitrogens is 2. The van der Waals surface area contributed by atoms with E-state index in [2.05, 4.69) is 34.3 Å². The molecule has 1 saturated heterocycles. The maximum absolute atomic E-state index is 14.0. The minimum atomic E-state index is -0.698. The minimum absolute atomic E-state index is 0.110. The van der Waals surface area contributed by atoms with E-state index in [9.17, 15) is 9.59 Å². The number of likely N-dealkylation sites (tertiary alicyclic amines) is 1. The highest BCUT2D eigenvalue weighted by Gasteiger charge is 2.46. The molecule has 8 nitrogen and oxygen atoms in total. The van der Waals surface area contributed by atoms with Crippen LogP contribution in [0.3, 0.4) is 0 Å². The van der Waals surface area contributed by atoms with E-state index >= 15 is 0 Å². The zero-order chi connectivity index (χ0) is 27.4. The van der Waals surface area contributed by atoms with Crippen LogP contribution < -0.4 is 10.1 Å². The second-order valence-electron chi connectivity index (χ2n) is 10.8. The van der Waals surface area contributed by atoms with Crippen LogP contribution >= 0.6 is 0 Å². The molecule has 2 fully saturated rings. The summed E-state index contributed by atoms with van der Waals surface area (Å²) in [5.74, 6) is 1.17. The van der Waals surface area contributed by atoms with E-state index in [-0.39, 0.29) is 30.4 Å². The summed E-state index contributed by atoms with van der Waals surface area (Å²) in [7, 11) is 1.62. The molecule has 8 heteroatoms. The molecule has 2 heterocycles. The van der Waals surface area contributed by atoms with E-state index in [1.54, 1.807) is 13.4 Å². The van der Waals surface area contributed by atoms with Gasteiger partial charge in [0.2, 0.25) is 11.8 Å². The Balaban J connectivity index is 1.32. The molecular formula is C31H38N4O4. The van der Waals surface area contributed by atoms with Gasteiger partial charge in [0, 0.05) is 37.4 Å². The first-order valence-corrected chi connectivity index (χ1v) is 13.8. The van der Waals surface area contributed by atoms with Gasteiger partial charge in [0.05, 0.1) is 25.7 Å². The number of carbonyl (C=O) groups is 2. The smallest absolute Gasteiger partial charge is 0.247 e. The normalized spacial score (nSPS) is 19.3. The van der Waals surface area contributed by atoms with Crippen LogP contribution in [0.2, 0.25) is 0 Å². The molecule has 2 aliphatic rings. The van der Waals surface area contributed by atoms with Gasteiger partial charge in [0.25, 0.3) is 0 Å². The number of ether oxygens (including phenoxy) is 2. The number of nitrogens with zero attached hydrogens (tertiary/aromatic N) is 2. The Morgan fingerprint density at radius 1 is 1.13 bits per heavy atom. The van der Waals surface area contributed by atoms with E-state index in [4.69, 9.17) is 9.47 Å². The molecule has 2 N–H and O–H groups in total. The summed E-state index contributed by atoms with van der Waals surface area (Å²) in [6.45, 7) is 5.27. The Morgan fingerprint density at radius 3 is 2.56 bits per heavy atom. The zero-order valence-corrected chi connectivity index (χ0v) is 23.0. The number of rotatable bonds is 12. The molecule has 39 heavy (non-hydrogen) atoms. The van der Waals surface area contributed by atoms with Crippen LogP contribution in [0.4, 0.5) is 0 Å². The van der Waals surface area contributed by atoms with Crippen molar-refractivity contribution < 1.29 is 19.1 Å². The number of carbonyl (C=O) groups excluding carboxylic acids is 2. The topological polar surface area (TPSA) is 96.5 Å². The number of methoxy groups -OCH3 is 1. The lowest BCUT2D eigenvalue weighted by atomic mass is 9.85. The van der Waals surface area contributed by atoms with Crippen LogP contribution in [0.1, 0.15) is 53.3 Å². The predicted molar refractivity (Wildman–Crippen MR) is 148 cm³/mol. The van der Waals surface area contributed by atoms with Crippen molar-refractivity contribution in [3.63, 3.8) is 0 Å². The standard InChI is InChI=1S/C31H38N4O4/c1-20-6-4-5-7-25(20)26-17-35(31(26)39-18-23-8-9-23)30(37)28(16-22-10-12-24(38-3)13-11-22)34-29(36)15-14-27-21(2)32-19-33-27/h4-7,10-13,19,23,26,28,31H,8-9,14-18H2,1-3H3,(H,32,33)(H,34,36)/t26?,28?,31-/m1/s1. The molecular weight excluding hydrogens is 492 g/mol. The lowest BCUT2D eigenvalue weighted by Crippen LogP contribution is -2.63. The Hall–Kier alpha value is -3.65. The van der Waals surface area contributed by atoms with E-state index in [0.29, 0.717) is 31.9 Å². The molecule has 1 saturated carbocycles. The summed E-state index contributed by atoms with van der Waals surface area (Å²) in [5.41, 5.74) is 5.18. The van der Waals surface area contributed by atoms with Crippen LogP contribution in [-0.2, 0) is 27.2 Å². The van der Waals surface area contributed by atoms with Gasteiger partial charge in [0.1, 0.15) is 18.0 Å². The number of aryl methyl sites for hydroxylation is 3. The second-order valence-corrected chi connectivity index (χ2v) is 10.8. The number of hydrogen-bond donors (Lipinski definition) is 2. The van der Waals surface area contributed by atoms with Gasteiger partial charge < -0.3 is 24.7 Å². The molecule has 0 bridgehead atoms. The molecule has 2 unspecified atom stereocenters. The van der Waals surface area contributed by atoms with Crippen molar-refractivity contribution in [1.82, 2.24) is 20.2 Å². The Morgan fingerprint density at radius 2 is 1.90 bits per heavy atom. The Bertz CT molecular complexity index is 1280. The first-order chi connectivity index (χ1) is 18.9. The molecule has 0 radical (unpaired) electrons. The average molecular weight is 531 g/mol. The average Bonchev–Trinajstić information content (AvgIpc) is 3.66. The molecule has 2 amide bonds. The van der Waals surface area contributed by atoms with Gasteiger partial charge in [-0.1, -0.05) is 36.4 Å². The Kier molecular flexibility index (Phi) is 8.31. The number of aromatic amines is 1. The van der Waals surface area contributed by atoms with Crippen LogP contribution in [0.5, 0.6) is 5.75 Å². The van der Waals surface area contributed by atoms with Gasteiger partial charge in [-0.3, -0.25) is 9.59 Å². The SMILES string of the molecule is COc1ccc(CC(NC(=O)CCc2nc[nH]c2C)C(=O)N2CC(c3ccccc3C)[C@H]2OCC2CC2)cc1. The summed E-state index contributed by atoms with van der Waals surface area (Å²) in [4.78, 5) is 36.2.